The maximum Gasteiger partial charge on any atom is 0.152 e. The quantitative estimate of drug-likeness (QED) is 0.527. The van der Waals surface area contributed by atoms with Crippen LogP contribution in [-0.4, -0.2) is 5.88 Å². The van der Waals surface area contributed by atoms with E-state index in [9.17, 15) is 8.78 Å². The Bertz CT molecular complexity index is 348. The van der Waals surface area contributed by atoms with E-state index in [0.29, 0.717) is 0 Å². The Morgan fingerprint density at radius 1 is 1.38 bits per heavy atom. The molecular formula is C9H6Cl2F2. The summed E-state index contributed by atoms with van der Waals surface area (Å²) in [6.45, 7) is 3.44. The number of allylic oxidation sites excluding steroid dienone is 1. The Balaban J connectivity index is 3.33. The molecule has 0 N–H and O–H groups in total. The van der Waals surface area contributed by atoms with E-state index in [1.54, 1.807) is 0 Å². The summed E-state index contributed by atoms with van der Waals surface area (Å²) >= 11 is 10.9. The zero-order valence-electron chi connectivity index (χ0n) is 6.58. The zero-order chi connectivity index (χ0) is 10.0. The predicted octanol–water partition coefficient (Wildman–Crippen LogP) is 3.87. The molecule has 0 saturated heterocycles. The van der Waals surface area contributed by atoms with Crippen molar-refractivity contribution in [3.8, 4) is 0 Å². The van der Waals surface area contributed by atoms with Crippen LogP contribution >= 0.6 is 23.2 Å². The van der Waals surface area contributed by atoms with Crippen LogP contribution in [0.4, 0.5) is 8.78 Å². The molecule has 0 aliphatic carbocycles. The average molecular weight is 223 g/mol. The van der Waals surface area contributed by atoms with Crippen molar-refractivity contribution < 1.29 is 8.78 Å². The van der Waals surface area contributed by atoms with Crippen molar-refractivity contribution in [2.24, 2.45) is 0 Å². The van der Waals surface area contributed by atoms with Crippen LogP contribution in [0.15, 0.2) is 18.7 Å². The van der Waals surface area contributed by atoms with Crippen molar-refractivity contribution in [1.82, 2.24) is 0 Å². The fourth-order valence-corrected chi connectivity index (χ4v) is 1.21. The van der Waals surface area contributed by atoms with E-state index in [4.69, 9.17) is 23.2 Å². The van der Waals surface area contributed by atoms with Gasteiger partial charge in [-0.25, -0.2) is 8.78 Å². The van der Waals surface area contributed by atoms with Gasteiger partial charge in [-0.2, -0.15) is 0 Å². The van der Waals surface area contributed by atoms with E-state index in [1.165, 1.54) is 0 Å². The van der Waals surface area contributed by atoms with Crippen molar-refractivity contribution in [2.75, 3.05) is 5.88 Å². The molecule has 4 heteroatoms. The van der Waals surface area contributed by atoms with Gasteiger partial charge in [0.2, 0.25) is 0 Å². The van der Waals surface area contributed by atoms with Crippen molar-refractivity contribution in [3.05, 3.63) is 40.9 Å². The van der Waals surface area contributed by atoms with E-state index < -0.39 is 11.6 Å². The monoisotopic (exact) mass is 222 g/mol. The maximum atomic E-state index is 13.2. The Morgan fingerprint density at radius 2 is 2.00 bits per heavy atom. The predicted molar refractivity (Wildman–Crippen MR) is 51.1 cm³/mol. The lowest BCUT2D eigenvalue weighted by molar-refractivity contribution is 0.577. The van der Waals surface area contributed by atoms with Gasteiger partial charge in [-0.3, -0.25) is 0 Å². The van der Waals surface area contributed by atoms with E-state index in [1.807, 2.05) is 0 Å². The Kier molecular flexibility index (Phi) is 3.28. The molecule has 13 heavy (non-hydrogen) atoms. The van der Waals surface area contributed by atoms with Crippen LogP contribution in [0.25, 0.3) is 5.57 Å². The first-order valence-electron chi connectivity index (χ1n) is 3.45. The Morgan fingerprint density at radius 3 is 2.54 bits per heavy atom. The molecule has 1 aromatic rings. The van der Waals surface area contributed by atoms with Crippen LogP contribution < -0.4 is 0 Å². The summed E-state index contributed by atoms with van der Waals surface area (Å²) < 4.78 is 26.3. The van der Waals surface area contributed by atoms with Crippen molar-refractivity contribution in [3.63, 3.8) is 0 Å². The second-order valence-electron chi connectivity index (χ2n) is 2.46. The molecule has 0 fully saturated rings. The minimum atomic E-state index is -0.813. The van der Waals surface area contributed by atoms with E-state index in [-0.39, 0.29) is 22.0 Å². The van der Waals surface area contributed by atoms with Gasteiger partial charge in [0.15, 0.2) is 5.82 Å². The molecule has 0 radical (unpaired) electrons. The molecule has 1 aromatic carbocycles. The molecule has 0 amide bonds. The van der Waals surface area contributed by atoms with E-state index in [2.05, 4.69) is 6.58 Å². The van der Waals surface area contributed by atoms with E-state index >= 15 is 0 Å². The third-order valence-electron chi connectivity index (χ3n) is 1.56. The molecule has 0 aliphatic heterocycles. The Labute approximate surface area is 84.8 Å². The van der Waals surface area contributed by atoms with Gasteiger partial charge in [0.25, 0.3) is 0 Å². The molecule has 0 atom stereocenters. The lowest BCUT2D eigenvalue weighted by Crippen LogP contribution is -1.95. The van der Waals surface area contributed by atoms with Gasteiger partial charge in [-0.1, -0.05) is 18.2 Å². The number of halogens is 4. The number of benzene rings is 1. The minimum absolute atomic E-state index is 0.0335. The topological polar surface area (TPSA) is 0 Å². The van der Waals surface area contributed by atoms with Gasteiger partial charge in [-0.05, 0) is 17.7 Å². The van der Waals surface area contributed by atoms with Gasteiger partial charge in [-0.15, -0.1) is 11.6 Å². The molecule has 70 valence electrons. The highest BCUT2D eigenvalue weighted by atomic mass is 35.5. The second-order valence-corrected chi connectivity index (χ2v) is 3.13. The molecule has 0 bridgehead atoms. The standard InChI is InChI=1S/C9H6Cl2F2/c1-5(4-10)8-7(12)3-2-6(11)9(8)13/h2-3H,1,4H2. The molecule has 0 saturated carbocycles. The van der Waals surface area contributed by atoms with Crippen LogP contribution in [0.1, 0.15) is 5.56 Å². The summed E-state index contributed by atoms with van der Waals surface area (Å²) in [5, 5.41) is -0.136. The molecule has 0 spiro atoms. The summed E-state index contributed by atoms with van der Waals surface area (Å²) in [6, 6.07) is 2.23. The van der Waals surface area contributed by atoms with E-state index in [0.717, 1.165) is 12.1 Å². The lowest BCUT2D eigenvalue weighted by atomic mass is 10.1. The SMILES string of the molecule is C=C(CCl)c1c(F)ccc(Cl)c1F. The molecule has 1 rings (SSSR count). The number of hydrogen-bond acceptors (Lipinski definition) is 0. The minimum Gasteiger partial charge on any atom is -0.206 e. The second kappa shape index (κ2) is 4.07. The van der Waals surface area contributed by atoms with Crippen LogP contribution in [0.5, 0.6) is 0 Å². The zero-order valence-corrected chi connectivity index (χ0v) is 8.09. The molecular weight excluding hydrogens is 217 g/mol. The van der Waals surface area contributed by atoms with Gasteiger partial charge in [0.05, 0.1) is 10.6 Å². The lowest BCUT2D eigenvalue weighted by Gasteiger charge is -2.06. The smallest absolute Gasteiger partial charge is 0.152 e. The highest BCUT2D eigenvalue weighted by Crippen LogP contribution is 2.26. The first kappa shape index (κ1) is 10.5. The van der Waals surface area contributed by atoms with Gasteiger partial charge >= 0.3 is 0 Å². The Hall–Kier alpha value is -0.600. The molecule has 0 nitrogen and oxygen atoms in total. The molecule has 0 heterocycles. The number of rotatable bonds is 2. The van der Waals surface area contributed by atoms with Crippen LogP contribution in [-0.2, 0) is 0 Å². The first-order chi connectivity index (χ1) is 6.07. The van der Waals surface area contributed by atoms with Crippen molar-refractivity contribution in [1.29, 1.82) is 0 Å². The van der Waals surface area contributed by atoms with Crippen LogP contribution in [0.3, 0.4) is 0 Å². The molecule has 0 aliphatic rings. The summed E-state index contributed by atoms with van der Waals surface area (Å²) in [5.74, 6) is -1.55. The third-order valence-corrected chi connectivity index (χ3v) is 2.17. The largest absolute Gasteiger partial charge is 0.206 e. The summed E-state index contributed by atoms with van der Waals surface area (Å²) in [7, 11) is 0. The van der Waals surface area contributed by atoms with Gasteiger partial charge in [0, 0.05) is 5.88 Å². The van der Waals surface area contributed by atoms with Gasteiger partial charge in [0.1, 0.15) is 5.82 Å². The van der Waals surface area contributed by atoms with Gasteiger partial charge < -0.3 is 0 Å². The average Bonchev–Trinajstić information content (AvgIpc) is 2.12. The maximum absolute atomic E-state index is 13.2. The fraction of sp³-hybridized carbons (Fsp3) is 0.111. The summed E-state index contributed by atoms with van der Waals surface area (Å²) in [4.78, 5) is 0. The highest BCUT2D eigenvalue weighted by molar-refractivity contribution is 6.31. The van der Waals surface area contributed by atoms with Crippen molar-refractivity contribution >= 4 is 28.8 Å². The van der Waals surface area contributed by atoms with Crippen molar-refractivity contribution in [2.45, 2.75) is 0 Å². The first-order valence-corrected chi connectivity index (χ1v) is 4.36. The van der Waals surface area contributed by atoms with Crippen LogP contribution in [0, 0.1) is 11.6 Å². The summed E-state index contributed by atoms with van der Waals surface area (Å²) in [6.07, 6.45) is 0. The summed E-state index contributed by atoms with van der Waals surface area (Å²) in [5.41, 5.74) is -0.0540. The number of hydrogen-bond donors (Lipinski definition) is 0. The third kappa shape index (κ3) is 2.01. The molecule has 0 aromatic heterocycles. The fourth-order valence-electron chi connectivity index (χ4n) is 0.918. The highest BCUT2D eigenvalue weighted by Gasteiger charge is 2.14. The van der Waals surface area contributed by atoms with Crippen LogP contribution in [0.2, 0.25) is 5.02 Å². The molecule has 0 unspecified atom stereocenters. The normalized spacial score (nSPS) is 10.2. The number of alkyl halides is 1.